The maximum Gasteiger partial charge on any atom is 0.305 e. The van der Waals surface area contributed by atoms with Crippen molar-refractivity contribution in [2.24, 2.45) is 5.92 Å². The van der Waals surface area contributed by atoms with Crippen molar-refractivity contribution >= 4 is 11.9 Å². The van der Waals surface area contributed by atoms with Crippen LogP contribution in [0.4, 0.5) is 0 Å². The quantitative estimate of drug-likeness (QED) is 0.829. The molecular formula is C14H21NO4. The van der Waals surface area contributed by atoms with Crippen LogP contribution < -0.4 is 5.32 Å². The second-order valence-corrected chi connectivity index (χ2v) is 5.21. The fourth-order valence-corrected chi connectivity index (χ4v) is 1.85. The lowest BCUT2D eigenvalue weighted by molar-refractivity contribution is -0.138. The highest BCUT2D eigenvalue weighted by Gasteiger charge is 2.33. The van der Waals surface area contributed by atoms with Crippen molar-refractivity contribution < 1.29 is 19.1 Å². The monoisotopic (exact) mass is 267 g/mol. The molecule has 1 heterocycles. The van der Waals surface area contributed by atoms with E-state index in [1.54, 1.807) is 13.0 Å². The molecule has 106 valence electrons. The maximum atomic E-state index is 12.2. The fourth-order valence-electron chi connectivity index (χ4n) is 1.85. The van der Waals surface area contributed by atoms with E-state index in [1.807, 2.05) is 20.8 Å². The van der Waals surface area contributed by atoms with Crippen LogP contribution in [0.3, 0.4) is 0 Å². The predicted molar refractivity (Wildman–Crippen MR) is 71.0 cm³/mol. The lowest BCUT2D eigenvalue weighted by Crippen LogP contribution is -2.51. The number of rotatable bonds is 6. The SMILES string of the molecule is CCc1occc1C(=O)NC(C)(CC(=O)O)C(C)C. The number of carbonyl (C=O) groups is 2. The highest BCUT2D eigenvalue weighted by atomic mass is 16.4. The summed E-state index contributed by atoms with van der Waals surface area (Å²) in [5, 5.41) is 11.8. The van der Waals surface area contributed by atoms with E-state index in [1.165, 1.54) is 6.26 Å². The molecule has 1 atom stereocenters. The number of aliphatic carboxylic acids is 1. The molecular weight excluding hydrogens is 246 g/mol. The Balaban J connectivity index is 2.91. The lowest BCUT2D eigenvalue weighted by Gasteiger charge is -2.33. The van der Waals surface area contributed by atoms with Gasteiger partial charge in [-0.2, -0.15) is 0 Å². The van der Waals surface area contributed by atoms with E-state index in [4.69, 9.17) is 9.52 Å². The summed E-state index contributed by atoms with van der Waals surface area (Å²) in [6.07, 6.45) is 1.97. The number of amides is 1. The summed E-state index contributed by atoms with van der Waals surface area (Å²) in [5.41, 5.74) is -0.315. The van der Waals surface area contributed by atoms with E-state index < -0.39 is 11.5 Å². The highest BCUT2D eigenvalue weighted by molar-refractivity contribution is 5.95. The minimum absolute atomic E-state index is 0.00419. The molecule has 1 aromatic rings. The number of nitrogens with one attached hydrogen (secondary N) is 1. The number of aryl methyl sites for hydroxylation is 1. The number of carboxylic acid groups (broad SMARTS) is 1. The van der Waals surface area contributed by atoms with Gasteiger partial charge in [-0.15, -0.1) is 0 Å². The van der Waals surface area contributed by atoms with Gasteiger partial charge in [-0.25, -0.2) is 0 Å². The largest absolute Gasteiger partial charge is 0.481 e. The Bertz CT molecular complexity index is 464. The molecule has 0 saturated heterocycles. The topological polar surface area (TPSA) is 79.5 Å². The van der Waals surface area contributed by atoms with Crippen molar-refractivity contribution in [3.63, 3.8) is 0 Å². The molecule has 0 aliphatic rings. The summed E-state index contributed by atoms with van der Waals surface area (Å²) in [6, 6.07) is 1.61. The van der Waals surface area contributed by atoms with Crippen molar-refractivity contribution in [3.05, 3.63) is 23.7 Å². The molecule has 2 N–H and O–H groups in total. The number of hydrogen-bond donors (Lipinski definition) is 2. The van der Waals surface area contributed by atoms with E-state index in [0.717, 1.165) is 0 Å². The van der Waals surface area contributed by atoms with Gasteiger partial charge < -0.3 is 14.8 Å². The molecule has 0 aromatic carbocycles. The van der Waals surface area contributed by atoms with Crippen LogP contribution in [-0.2, 0) is 11.2 Å². The molecule has 0 aliphatic carbocycles. The summed E-state index contributed by atoms with van der Waals surface area (Å²) in [7, 11) is 0. The molecule has 1 rings (SSSR count). The Labute approximate surface area is 113 Å². The summed E-state index contributed by atoms with van der Waals surface area (Å²) in [5.74, 6) is -0.606. The molecule has 19 heavy (non-hydrogen) atoms. The zero-order chi connectivity index (χ0) is 14.6. The molecule has 0 aliphatic heterocycles. The Kier molecular flexibility index (Phi) is 4.75. The van der Waals surface area contributed by atoms with Crippen LogP contribution >= 0.6 is 0 Å². The molecule has 0 radical (unpaired) electrons. The number of carboxylic acids is 1. The maximum absolute atomic E-state index is 12.2. The Morgan fingerprint density at radius 3 is 2.58 bits per heavy atom. The van der Waals surface area contributed by atoms with Crippen LogP contribution in [0.1, 0.15) is 50.2 Å². The molecule has 5 nitrogen and oxygen atoms in total. The van der Waals surface area contributed by atoms with E-state index in [0.29, 0.717) is 17.7 Å². The zero-order valence-electron chi connectivity index (χ0n) is 11.8. The predicted octanol–water partition coefficient (Wildman–Crippen LogP) is 2.46. The van der Waals surface area contributed by atoms with Crippen LogP contribution in [0, 0.1) is 5.92 Å². The molecule has 1 unspecified atom stereocenters. The van der Waals surface area contributed by atoms with Crippen molar-refractivity contribution in [2.75, 3.05) is 0 Å². The van der Waals surface area contributed by atoms with Crippen LogP contribution in [0.25, 0.3) is 0 Å². The molecule has 1 aromatic heterocycles. The van der Waals surface area contributed by atoms with Gasteiger partial charge in [0.2, 0.25) is 0 Å². The van der Waals surface area contributed by atoms with E-state index in [2.05, 4.69) is 5.32 Å². The zero-order valence-corrected chi connectivity index (χ0v) is 11.8. The molecule has 0 bridgehead atoms. The van der Waals surface area contributed by atoms with E-state index >= 15 is 0 Å². The molecule has 1 amide bonds. The number of furan rings is 1. The first-order chi connectivity index (χ1) is 8.80. The number of hydrogen-bond acceptors (Lipinski definition) is 3. The van der Waals surface area contributed by atoms with Crippen molar-refractivity contribution in [1.29, 1.82) is 0 Å². The fraction of sp³-hybridized carbons (Fsp3) is 0.571. The van der Waals surface area contributed by atoms with Gasteiger partial charge in [0.1, 0.15) is 5.76 Å². The van der Waals surface area contributed by atoms with Gasteiger partial charge in [-0.05, 0) is 18.9 Å². The van der Waals surface area contributed by atoms with Crippen LogP contribution in [0.5, 0.6) is 0 Å². The average molecular weight is 267 g/mol. The lowest BCUT2D eigenvalue weighted by atomic mass is 9.85. The summed E-state index contributed by atoms with van der Waals surface area (Å²) >= 11 is 0. The van der Waals surface area contributed by atoms with Crippen LogP contribution in [-0.4, -0.2) is 22.5 Å². The normalized spacial score (nSPS) is 14.2. The Hall–Kier alpha value is -1.78. The first-order valence-corrected chi connectivity index (χ1v) is 6.40. The van der Waals surface area contributed by atoms with Gasteiger partial charge in [-0.3, -0.25) is 9.59 Å². The average Bonchev–Trinajstić information content (AvgIpc) is 2.75. The minimum Gasteiger partial charge on any atom is -0.481 e. The molecule has 5 heteroatoms. The van der Waals surface area contributed by atoms with Gasteiger partial charge in [-0.1, -0.05) is 20.8 Å². The second kappa shape index (κ2) is 5.91. The van der Waals surface area contributed by atoms with E-state index in [-0.39, 0.29) is 18.2 Å². The third-order valence-corrected chi connectivity index (χ3v) is 3.50. The van der Waals surface area contributed by atoms with Crippen molar-refractivity contribution in [1.82, 2.24) is 5.32 Å². The summed E-state index contributed by atoms with van der Waals surface area (Å²) in [4.78, 5) is 23.2. The van der Waals surface area contributed by atoms with Crippen molar-refractivity contribution in [2.45, 2.75) is 46.1 Å². The van der Waals surface area contributed by atoms with Gasteiger partial charge >= 0.3 is 5.97 Å². The Morgan fingerprint density at radius 2 is 2.11 bits per heavy atom. The molecule has 0 spiro atoms. The molecule has 0 saturated carbocycles. The van der Waals surface area contributed by atoms with Gasteiger partial charge in [0, 0.05) is 6.42 Å². The first kappa shape index (κ1) is 15.3. The third kappa shape index (κ3) is 3.59. The Morgan fingerprint density at radius 1 is 1.47 bits per heavy atom. The highest BCUT2D eigenvalue weighted by Crippen LogP contribution is 2.22. The summed E-state index contributed by atoms with van der Waals surface area (Å²) in [6.45, 7) is 7.42. The standard InChI is InChI=1S/C14H21NO4/c1-5-11-10(6-7-19-11)13(18)15-14(4,9(2)3)8-12(16)17/h6-7,9H,5,8H2,1-4H3,(H,15,18)(H,16,17). The van der Waals surface area contributed by atoms with E-state index in [9.17, 15) is 9.59 Å². The smallest absolute Gasteiger partial charge is 0.305 e. The number of carbonyl (C=O) groups excluding carboxylic acids is 1. The first-order valence-electron chi connectivity index (χ1n) is 6.40. The van der Waals surface area contributed by atoms with Crippen LogP contribution in [0.15, 0.2) is 16.7 Å². The van der Waals surface area contributed by atoms with Gasteiger partial charge in [0.25, 0.3) is 5.91 Å². The van der Waals surface area contributed by atoms with Crippen molar-refractivity contribution in [3.8, 4) is 0 Å². The van der Waals surface area contributed by atoms with Gasteiger partial charge in [0.15, 0.2) is 0 Å². The molecule has 0 fully saturated rings. The summed E-state index contributed by atoms with van der Waals surface area (Å²) < 4.78 is 5.21. The minimum atomic E-state index is -0.931. The van der Waals surface area contributed by atoms with Crippen LogP contribution in [0.2, 0.25) is 0 Å². The van der Waals surface area contributed by atoms with Gasteiger partial charge in [0.05, 0.1) is 23.8 Å². The second-order valence-electron chi connectivity index (χ2n) is 5.21. The third-order valence-electron chi connectivity index (χ3n) is 3.50.